The molecule has 1 heterocycles. The average Bonchev–Trinajstić information content (AvgIpc) is 2.14. The van der Waals surface area contributed by atoms with E-state index in [9.17, 15) is 0 Å². The van der Waals surface area contributed by atoms with Gasteiger partial charge in [-0.05, 0) is 43.9 Å². The second kappa shape index (κ2) is 5.76. The minimum absolute atomic E-state index is 0.673. The number of nitrogens with zero attached hydrogens (tertiary/aromatic N) is 1. The minimum atomic E-state index is 0.673. The van der Waals surface area contributed by atoms with Crippen molar-refractivity contribution in [3.63, 3.8) is 0 Å². The fourth-order valence-corrected chi connectivity index (χ4v) is 1.48. The molecule has 0 atom stereocenters. The highest BCUT2D eigenvalue weighted by Gasteiger charge is 2.00. The molecular weight excluding hydrogens is 172 g/mol. The largest absolute Gasteiger partial charge is 0.330 e. The van der Waals surface area contributed by atoms with E-state index in [1.54, 1.807) is 0 Å². The Balaban J connectivity index is 2.59. The third-order valence-electron chi connectivity index (χ3n) is 2.12. The lowest BCUT2D eigenvalue weighted by Crippen LogP contribution is -2.03. The molecular formula is C12H20N2. The van der Waals surface area contributed by atoms with Gasteiger partial charge in [0.15, 0.2) is 0 Å². The number of rotatable bonds is 5. The zero-order chi connectivity index (χ0) is 10.4. The molecule has 1 aromatic heterocycles. The van der Waals surface area contributed by atoms with Gasteiger partial charge in [-0.3, -0.25) is 4.98 Å². The van der Waals surface area contributed by atoms with Gasteiger partial charge >= 0.3 is 0 Å². The van der Waals surface area contributed by atoms with Gasteiger partial charge in [-0.1, -0.05) is 19.9 Å². The maximum Gasteiger partial charge on any atom is 0.0409 e. The lowest BCUT2D eigenvalue weighted by Gasteiger charge is -2.06. The maximum atomic E-state index is 5.47. The van der Waals surface area contributed by atoms with E-state index < -0.39 is 0 Å². The van der Waals surface area contributed by atoms with Crippen molar-refractivity contribution in [2.45, 2.75) is 33.1 Å². The highest BCUT2D eigenvalue weighted by Crippen LogP contribution is 2.07. The topological polar surface area (TPSA) is 38.9 Å². The molecule has 78 valence electrons. The highest BCUT2D eigenvalue weighted by atomic mass is 14.7. The van der Waals surface area contributed by atoms with E-state index in [2.05, 4.69) is 37.0 Å². The zero-order valence-corrected chi connectivity index (χ0v) is 9.16. The molecule has 0 amide bonds. The van der Waals surface area contributed by atoms with Gasteiger partial charge in [0, 0.05) is 11.4 Å². The molecule has 0 aliphatic heterocycles. The molecule has 14 heavy (non-hydrogen) atoms. The van der Waals surface area contributed by atoms with Gasteiger partial charge in [-0.15, -0.1) is 0 Å². The second-order valence-corrected chi connectivity index (χ2v) is 4.11. The van der Waals surface area contributed by atoms with E-state index in [4.69, 9.17) is 5.73 Å². The van der Waals surface area contributed by atoms with Crippen molar-refractivity contribution in [1.82, 2.24) is 4.98 Å². The molecule has 0 fully saturated rings. The van der Waals surface area contributed by atoms with Crippen LogP contribution in [0.15, 0.2) is 18.2 Å². The van der Waals surface area contributed by atoms with Crippen LogP contribution in [0.25, 0.3) is 0 Å². The Kier molecular flexibility index (Phi) is 4.60. The molecule has 2 N–H and O–H groups in total. The quantitative estimate of drug-likeness (QED) is 0.776. The van der Waals surface area contributed by atoms with Crippen molar-refractivity contribution in [2.75, 3.05) is 6.54 Å². The molecule has 0 aromatic carbocycles. The van der Waals surface area contributed by atoms with Gasteiger partial charge < -0.3 is 5.73 Å². The summed E-state index contributed by atoms with van der Waals surface area (Å²) in [6.07, 6.45) is 3.09. The number of pyridine rings is 1. The second-order valence-electron chi connectivity index (χ2n) is 4.11. The number of hydrogen-bond donors (Lipinski definition) is 1. The molecule has 0 saturated carbocycles. The van der Waals surface area contributed by atoms with Crippen LogP contribution >= 0.6 is 0 Å². The van der Waals surface area contributed by atoms with Gasteiger partial charge in [-0.25, -0.2) is 0 Å². The Morgan fingerprint density at radius 2 is 2.00 bits per heavy atom. The molecule has 0 radical (unpaired) electrons. The number of aromatic nitrogens is 1. The van der Waals surface area contributed by atoms with Crippen LogP contribution < -0.4 is 5.73 Å². The Morgan fingerprint density at radius 3 is 2.64 bits per heavy atom. The van der Waals surface area contributed by atoms with Crippen molar-refractivity contribution < 1.29 is 0 Å². The maximum absolute atomic E-state index is 5.47. The van der Waals surface area contributed by atoms with Crippen LogP contribution in [0.4, 0.5) is 0 Å². The monoisotopic (exact) mass is 192 g/mol. The third-order valence-corrected chi connectivity index (χ3v) is 2.12. The Morgan fingerprint density at radius 1 is 1.29 bits per heavy atom. The van der Waals surface area contributed by atoms with Crippen LogP contribution in [0.5, 0.6) is 0 Å². The third kappa shape index (κ3) is 3.88. The minimum Gasteiger partial charge on any atom is -0.330 e. The van der Waals surface area contributed by atoms with Gasteiger partial charge in [0.25, 0.3) is 0 Å². The van der Waals surface area contributed by atoms with Crippen LogP contribution in [0.3, 0.4) is 0 Å². The van der Waals surface area contributed by atoms with Crippen LogP contribution in [-0.4, -0.2) is 11.5 Å². The van der Waals surface area contributed by atoms with Gasteiger partial charge in [0.2, 0.25) is 0 Å². The smallest absolute Gasteiger partial charge is 0.0409 e. The normalized spacial score (nSPS) is 10.9. The number of hydrogen-bond acceptors (Lipinski definition) is 2. The summed E-state index contributed by atoms with van der Waals surface area (Å²) in [6.45, 7) is 5.18. The van der Waals surface area contributed by atoms with Gasteiger partial charge in [0.1, 0.15) is 0 Å². The van der Waals surface area contributed by atoms with Gasteiger partial charge in [-0.2, -0.15) is 0 Å². The van der Waals surface area contributed by atoms with Crippen LogP contribution in [0, 0.1) is 5.92 Å². The first-order valence-electron chi connectivity index (χ1n) is 5.37. The lowest BCUT2D eigenvalue weighted by molar-refractivity contribution is 0.632. The van der Waals surface area contributed by atoms with E-state index in [0.717, 1.165) is 25.8 Å². The zero-order valence-electron chi connectivity index (χ0n) is 9.16. The number of aryl methyl sites for hydroxylation is 1. The summed E-state index contributed by atoms with van der Waals surface area (Å²) in [7, 11) is 0. The van der Waals surface area contributed by atoms with E-state index in [-0.39, 0.29) is 0 Å². The van der Waals surface area contributed by atoms with Crippen LogP contribution in [0.1, 0.15) is 31.7 Å². The summed E-state index contributed by atoms with van der Waals surface area (Å²) >= 11 is 0. The van der Waals surface area contributed by atoms with Crippen molar-refractivity contribution in [3.05, 3.63) is 29.6 Å². The van der Waals surface area contributed by atoms with Crippen LogP contribution in [0.2, 0.25) is 0 Å². The summed E-state index contributed by atoms with van der Waals surface area (Å²) in [5.41, 5.74) is 7.85. The van der Waals surface area contributed by atoms with Crippen molar-refractivity contribution in [3.8, 4) is 0 Å². The number of nitrogens with two attached hydrogens (primary N) is 1. The summed E-state index contributed by atoms with van der Waals surface area (Å²) < 4.78 is 0. The van der Waals surface area contributed by atoms with E-state index in [0.29, 0.717) is 5.92 Å². The van der Waals surface area contributed by atoms with E-state index in [1.807, 2.05) is 0 Å². The van der Waals surface area contributed by atoms with E-state index >= 15 is 0 Å². The standard InChI is InChI=1S/C12H20N2/c1-10(2)9-12-6-3-5-11(14-12)7-4-8-13/h3,5-6,10H,4,7-9,13H2,1-2H3. The molecule has 0 saturated heterocycles. The Labute approximate surface area is 86.5 Å². The summed E-state index contributed by atoms with van der Waals surface area (Å²) in [5, 5.41) is 0. The summed E-state index contributed by atoms with van der Waals surface area (Å²) in [4.78, 5) is 4.59. The van der Waals surface area contributed by atoms with Crippen molar-refractivity contribution in [2.24, 2.45) is 11.7 Å². The first-order valence-corrected chi connectivity index (χ1v) is 5.37. The fraction of sp³-hybridized carbons (Fsp3) is 0.583. The summed E-state index contributed by atoms with van der Waals surface area (Å²) in [5.74, 6) is 0.673. The molecule has 0 spiro atoms. The Hall–Kier alpha value is -0.890. The first-order chi connectivity index (χ1) is 6.72. The summed E-state index contributed by atoms with van der Waals surface area (Å²) in [6, 6.07) is 6.28. The Bertz CT molecular complexity index is 269. The molecule has 1 aromatic rings. The van der Waals surface area contributed by atoms with E-state index in [1.165, 1.54) is 11.4 Å². The van der Waals surface area contributed by atoms with Crippen molar-refractivity contribution >= 4 is 0 Å². The molecule has 0 bridgehead atoms. The molecule has 0 aliphatic carbocycles. The molecule has 0 unspecified atom stereocenters. The SMILES string of the molecule is CC(C)Cc1cccc(CCCN)n1. The molecule has 1 rings (SSSR count). The predicted octanol–water partition coefficient (Wildman–Crippen LogP) is 2.17. The molecule has 2 heteroatoms. The fourth-order valence-electron chi connectivity index (χ4n) is 1.48. The van der Waals surface area contributed by atoms with Crippen molar-refractivity contribution in [1.29, 1.82) is 0 Å². The molecule has 0 aliphatic rings. The predicted molar refractivity (Wildman–Crippen MR) is 60.2 cm³/mol. The van der Waals surface area contributed by atoms with Gasteiger partial charge in [0.05, 0.1) is 0 Å². The first kappa shape index (κ1) is 11.2. The van der Waals surface area contributed by atoms with Crippen LogP contribution in [-0.2, 0) is 12.8 Å². The average molecular weight is 192 g/mol. The lowest BCUT2D eigenvalue weighted by atomic mass is 10.1. The highest BCUT2D eigenvalue weighted by molar-refractivity contribution is 5.11. The molecule has 2 nitrogen and oxygen atoms in total.